The number of nitrogens with zero attached hydrogens (tertiary/aromatic N) is 2. The molecule has 4 nitrogen and oxygen atoms in total. The number of imidazole rings is 1. The molecule has 0 saturated carbocycles. The fourth-order valence-electron chi connectivity index (χ4n) is 3.06. The topological polar surface area (TPSA) is 42.5 Å². The van der Waals surface area contributed by atoms with Gasteiger partial charge in [0.1, 0.15) is 6.54 Å². The largest absolute Gasteiger partial charge is 0.395 e. The van der Waals surface area contributed by atoms with Crippen LogP contribution in [0.3, 0.4) is 0 Å². The zero-order valence-electron chi connectivity index (χ0n) is 11.3. The highest BCUT2D eigenvalue weighted by atomic mass is 16.3. The summed E-state index contributed by atoms with van der Waals surface area (Å²) >= 11 is 0. The number of likely N-dealkylation sites (tertiary alicyclic amines) is 1. The van der Waals surface area contributed by atoms with Crippen LogP contribution in [0.1, 0.15) is 25.1 Å². The molecule has 1 aromatic heterocycles. The Labute approximate surface area is 113 Å². The highest BCUT2D eigenvalue weighted by Crippen LogP contribution is 2.15. The third-order valence-electron chi connectivity index (χ3n) is 4.03. The molecule has 2 aromatic rings. The van der Waals surface area contributed by atoms with Gasteiger partial charge in [-0.25, -0.2) is 4.98 Å². The minimum atomic E-state index is 0.169. The number of benzene rings is 1. The molecule has 1 aliphatic heterocycles. The number of para-hydroxylation sites is 2. The van der Waals surface area contributed by atoms with Crippen molar-refractivity contribution in [3.05, 3.63) is 30.1 Å². The van der Waals surface area contributed by atoms with Crippen molar-refractivity contribution in [2.24, 2.45) is 0 Å². The molecule has 4 heteroatoms. The Morgan fingerprint density at radius 1 is 1.16 bits per heavy atom. The van der Waals surface area contributed by atoms with Gasteiger partial charge in [-0.3, -0.25) is 0 Å². The number of nitrogens with one attached hydrogen (secondary N) is 1. The second kappa shape index (κ2) is 5.72. The predicted molar refractivity (Wildman–Crippen MR) is 75.1 cm³/mol. The number of piperidine rings is 1. The lowest BCUT2D eigenvalue weighted by Crippen LogP contribution is -3.11. The maximum atomic E-state index is 9.27. The number of rotatable bonds is 4. The zero-order valence-corrected chi connectivity index (χ0v) is 11.3. The van der Waals surface area contributed by atoms with E-state index in [1.54, 1.807) is 4.90 Å². The minimum Gasteiger partial charge on any atom is -0.395 e. The Morgan fingerprint density at radius 3 is 2.74 bits per heavy atom. The molecule has 3 rings (SSSR count). The average Bonchev–Trinajstić information content (AvgIpc) is 2.79. The van der Waals surface area contributed by atoms with Gasteiger partial charge in [-0.05, 0) is 31.4 Å². The normalized spacial score (nSPS) is 17.1. The Bertz CT molecular complexity index is 543. The van der Waals surface area contributed by atoms with Crippen molar-refractivity contribution in [3.8, 4) is 0 Å². The summed E-state index contributed by atoms with van der Waals surface area (Å²) in [4.78, 5) is 6.38. The number of hydrogen-bond acceptors (Lipinski definition) is 2. The van der Waals surface area contributed by atoms with E-state index in [2.05, 4.69) is 16.7 Å². The molecule has 2 N–H and O–H groups in total. The van der Waals surface area contributed by atoms with Gasteiger partial charge in [-0.15, -0.1) is 0 Å². The SMILES string of the molecule is OCCn1c(C[NH+]2CCCCC2)nc2ccccc21. The zero-order chi connectivity index (χ0) is 13.1. The number of quaternary nitrogens is 1. The van der Waals surface area contributed by atoms with Crippen LogP contribution in [0.2, 0.25) is 0 Å². The molecule has 0 radical (unpaired) electrons. The van der Waals surface area contributed by atoms with Crippen LogP contribution >= 0.6 is 0 Å². The second-order valence-corrected chi connectivity index (χ2v) is 5.38. The van der Waals surface area contributed by atoms with Crippen LogP contribution in [-0.2, 0) is 13.1 Å². The van der Waals surface area contributed by atoms with E-state index in [0.717, 1.165) is 23.4 Å². The van der Waals surface area contributed by atoms with E-state index in [4.69, 9.17) is 4.98 Å². The van der Waals surface area contributed by atoms with Crippen LogP contribution in [-0.4, -0.2) is 34.4 Å². The third-order valence-corrected chi connectivity index (χ3v) is 4.03. The van der Waals surface area contributed by atoms with Gasteiger partial charge < -0.3 is 14.6 Å². The highest BCUT2D eigenvalue weighted by molar-refractivity contribution is 5.75. The summed E-state index contributed by atoms with van der Waals surface area (Å²) in [5.41, 5.74) is 2.19. The first kappa shape index (κ1) is 12.6. The monoisotopic (exact) mass is 260 g/mol. The molecule has 2 heterocycles. The smallest absolute Gasteiger partial charge is 0.165 e. The van der Waals surface area contributed by atoms with Crippen LogP contribution in [0, 0.1) is 0 Å². The molecule has 1 fully saturated rings. The minimum absolute atomic E-state index is 0.169. The summed E-state index contributed by atoms with van der Waals surface area (Å²) in [6.45, 7) is 4.30. The molecule has 1 aromatic carbocycles. The van der Waals surface area contributed by atoms with Gasteiger partial charge in [0.25, 0.3) is 0 Å². The second-order valence-electron chi connectivity index (χ2n) is 5.38. The van der Waals surface area contributed by atoms with E-state index >= 15 is 0 Å². The first-order valence-corrected chi connectivity index (χ1v) is 7.27. The molecule has 0 atom stereocenters. The van der Waals surface area contributed by atoms with Crippen molar-refractivity contribution in [1.29, 1.82) is 0 Å². The lowest BCUT2D eigenvalue weighted by Gasteiger charge is -2.23. The van der Waals surface area contributed by atoms with E-state index in [0.29, 0.717) is 6.54 Å². The Kier molecular flexibility index (Phi) is 3.80. The number of hydrogen-bond donors (Lipinski definition) is 2. The van der Waals surface area contributed by atoms with E-state index in [1.165, 1.54) is 32.4 Å². The quantitative estimate of drug-likeness (QED) is 0.845. The molecule has 0 aliphatic carbocycles. The Hall–Kier alpha value is -1.39. The number of aliphatic hydroxyl groups excluding tert-OH is 1. The van der Waals surface area contributed by atoms with E-state index < -0.39 is 0 Å². The molecule has 0 amide bonds. The van der Waals surface area contributed by atoms with Crippen LogP contribution < -0.4 is 4.90 Å². The molecule has 0 unspecified atom stereocenters. The van der Waals surface area contributed by atoms with Gasteiger partial charge in [0.05, 0.1) is 30.7 Å². The maximum absolute atomic E-state index is 9.27. The Morgan fingerprint density at radius 2 is 1.95 bits per heavy atom. The van der Waals surface area contributed by atoms with Crippen molar-refractivity contribution in [3.63, 3.8) is 0 Å². The summed E-state index contributed by atoms with van der Waals surface area (Å²) in [6, 6.07) is 8.21. The molecule has 102 valence electrons. The van der Waals surface area contributed by atoms with Crippen molar-refractivity contribution < 1.29 is 10.0 Å². The highest BCUT2D eigenvalue weighted by Gasteiger charge is 2.18. The van der Waals surface area contributed by atoms with Crippen molar-refractivity contribution >= 4 is 11.0 Å². The third kappa shape index (κ3) is 2.65. The lowest BCUT2D eigenvalue weighted by atomic mass is 10.1. The summed E-state index contributed by atoms with van der Waals surface area (Å²) in [6.07, 6.45) is 4.03. The van der Waals surface area contributed by atoms with Gasteiger partial charge in [0.15, 0.2) is 5.82 Å². The molecular weight excluding hydrogens is 238 g/mol. The maximum Gasteiger partial charge on any atom is 0.165 e. The molecule has 1 aliphatic rings. The van der Waals surface area contributed by atoms with Crippen LogP contribution in [0.4, 0.5) is 0 Å². The van der Waals surface area contributed by atoms with Gasteiger partial charge in [0.2, 0.25) is 0 Å². The predicted octanol–water partition coefficient (Wildman–Crippen LogP) is 0.597. The Balaban J connectivity index is 1.90. The summed E-state index contributed by atoms with van der Waals surface area (Å²) in [7, 11) is 0. The van der Waals surface area contributed by atoms with E-state index in [1.807, 2.05) is 12.1 Å². The van der Waals surface area contributed by atoms with Crippen molar-refractivity contribution in [1.82, 2.24) is 9.55 Å². The van der Waals surface area contributed by atoms with Crippen molar-refractivity contribution in [2.75, 3.05) is 19.7 Å². The fraction of sp³-hybridized carbons (Fsp3) is 0.533. The van der Waals surface area contributed by atoms with Crippen LogP contribution in [0.15, 0.2) is 24.3 Å². The van der Waals surface area contributed by atoms with Gasteiger partial charge in [0, 0.05) is 6.54 Å². The fourth-order valence-corrected chi connectivity index (χ4v) is 3.06. The summed E-state index contributed by atoms with van der Waals surface area (Å²) in [5.74, 6) is 1.12. The molecule has 1 saturated heterocycles. The van der Waals surface area contributed by atoms with Crippen LogP contribution in [0.25, 0.3) is 11.0 Å². The van der Waals surface area contributed by atoms with Gasteiger partial charge >= 0.3 is 0 Å². The van der Waals surface area contributed by atoms with Crippen molar-refractivity contribution in [2.45, 2.75) is 32.4 Å². The molecule has 0 bridgehead atoms. The number of fused-ring (bicyclic) bond motifs is 1. The first-order chi connectivity index (χ1) is 9.38. The van der Waals surface area contributed by atoms with E-state index in [-0.39, 0.29) is 6.61 Å². The van der Waals surface area contributed by atoms with E-state index in [9.17, 15) is 5.11 Å². The number of aromatic nitrogens is 2. The molecule has 19 heavy (non-hydrogen) atoms. The molecular formula is C15H22N3O+. The molecule has 0 spiro atoms. The van der Waals surface area contributed by atoms with Gasteiger partial charge in [-0.2, -0.15) is 0 Å². The standard InChI is InChI=1S/C15H21N3O/c19-11-10-18-14-7-3-2-6-13(14)16-15(18)12-17-8-4-1-5-9-17/h2-3,6-7,19H,1,4-5,8-12H2/p+1. The number of aliphatic hydroxyl groups is 1. The first-order valence-electron chi connectivity index (χ1n) is 7.27. The van der Waals surface area contributed by atoms with Crippen LogP contribution in [0.5, 0.6) is 0 Å². The lowest BCUT2D eigenvalue weighted by molar-refractivity contribution is -0.919. The summed E-state index contributed by atoms with van der Waals surface area (Å²) < 4.78 is 2.18. The van der Waals surface area contributed by atoms with Gasteiger partial charge in [-0.1, -0.05) is 12.1 Å². The average molecular weight is 260 g/mol. The summed E-state index contributed by atoms with van der Waals surface area (Å²) in [5, 5.41) is 9.27.